The van der Waals surface area contributed by atoms with E-state index in [9.17, 15) is 25.9 Å². The van der Waals surface area contributed by atoms with Gasteiger partial charge in [-0.15, -0.1) is 0 Å². The van der Waals surface area contributed by atoms with E-state index >= 15 is 0 Å². The summed E-state index contributed by atoms with van der Waals surface area (Å²) in [5.41, 5.74) is 5.85. The van der Waals surface area contributed by atoms with Gasteiger partial charge in [-0.05, 0) is 76.4 Å². The number of rotatable bonds is 8. The van der Waals surface area contributed by atoms with Gasteiger partial charge >= 0.3 is 0 Å². The van der Waals surface area contributed by atoms with Gasteiger partial charge in [0.15, 0.2) is 0 Å². The summed E-state index contributed by atoms with van der Waals surface area (Å²) >= 11 is 0. The fourth-order valence-electron chi connectivity index (χ4n) is 4.72. The molecule has 4 rings (SSSR count). The molecule has 0 heterocycles. The van der Waals surface area contributed by atoms with Crippen molar-refractivity contribution in [2.45, 2.75) is 11.4 Å². The first-order valence-corrected chi connectivity index (χ1v) is 15.8. The van der Waals surface area contributed by atoms with E-state index in [1.165, 1.54) is 18.2 Å². The predicted octanol–water partition coefficient (Wildman–Crippen LogP) is 4.15. The average Bonchev–Trinajstić information content (AvgIpc) is 2.93. The molecule has 0 spiro atoms. The Balaban J connectivity index is 1.78. The van der Waals surface area contributed by atoms with Crippen LogP contribution in [0.5, 0.6) is 0 Å². The average molecular weight is 608 g/mol. The zero-order valence-electron chi connectivity index (χ0n) is 24.0. The Hall–Kier alpha value is -4.03. The van der Waals surface area contributed by atoms with Crippen LogP contribution in [0.4, 0.5) is 11.4 Å². The minimum absolute atomic E-state index is 0.164. The van der Waals surface area contributed by atoms with E-state index in [0.29, 0.717) is 23.4 Å². The Morgan fingerprint density at radius 2 is 1.40 bits per heavy atom. The summed E-state index contributed by atoms with van der Waals surface area (Å²) in [5.74, 6) is 0. The van der Waals surface area contributed by atoms with E-state index in [2.05, 4.69) is 0 Å². The lowest BCUT2D eigenvalue weighted by Gasteiger charge is -2.22. The Bertz CT molecular complexity index is 1830. The van der Waals surface area contributed by atoms with E-state index < -0.39 is 20.2 Å². The number of benzene rings is 3. The molecule has 1 N–H and O–H groups in total. The van der Waals surface area contributed by atoms with Gasteiger partial charge in [-0.1, -0.05) is 36.4 Å². The third-order valence-electron chi connectivity index (χ3n) is 6.88. The van der Waals surface area contributed by atoms with Crippen LogP contribution in [0.15, 0.2) is 106 Å². The molecule has 0 saturated carbocycles. The molecule has 0 amide bonds. The molecule has 0 fully saturated rings. The first-order valence-electron chi connectivity index (χ1n) is 13.0. The van der Waals surface area contributed by atoms with Crippen LogP contribution in [0.25, 0.3) is 5.57 Å². The monoisotopic (exact) mass is 607 g/mol. The van der Waals surface area contributed by atoms with Crippen LogP contribution in [0.2, 0.25) is 0 Å². The Morgan fingerprint density at radius 3 is 1.90 bits per heavy atom. The fourth-order valence-corrected chi connectivity index (χ4v) is 6.05. The highest BCUT2D eigenvalue weighted by molar-refractivity contribution is 7.90. The van der Waals surface area contributed by atoms with Crippen molar-refractivity contribution in [1.82, 2.24) is 0 Å². The molecule has 0 radical (unpaired) electrons. The zero-order chi connectivity index (χ0) is 30.8. The number of allylic oxidation sites excluding steroid dienone is 5. The molecule has 1 aliphatic rings. The van der Waals surface area contributed by atoms with E-state index in [-0.39, 0.29) is 9.80 Å². The second kappa shape index (κ2) is 12.1. The Morgan fingerprint density at radius 1 is 0.833 bits per heavy atom. The predicted molar refractivity (Wildman–Crippen MR) is 166 cm³/mol. The van der Waals surface area contributed by atoms with Crippen molar-refractivity contribution in [3.05, 3.63) is 118 Å². The van der Waals surface area contributed by atoms with Crippen molar-refractivity contribution < 1.29 is 30.5 Å². The van der Waals surface area contributed by atoms with Crippen molar-refractivity contribution in [3.63, 3.8) is 0 Å². The lowest BCUT2D eigenvalue weighted by atomic mass is 9.90. The molecule has 220 valence electrons. The first-order chi connectivity index (χ1) is 19.6. The summed E-state index contributed by atoms with van der Waals surface area (Å²) < 4.78 is 70.7. The fraction of sp³-hybridized carbons (Fsp3) is 0.194. The summed E-state index contributed by atoms with van der Waals surface area (Å²) in [6.45, 7) is 0.391. The van der Waals surface area contributed by atoms with Crippen LogP contribution in [-0.4, -0.2) is 71.5 Å². The SMILES string of the molecule is CN(C)c1ccc(C(=C2C=CC(=[N+](C)C)C(S(=O)(=O)[O-])=C2)c2ccc(N(C)Cc3cccc(S(=O)(=O)O)c3)cc2)cc1. The van der Waals surface area contributed by atoms with Gasteiger partial charge in [0.2, 0.25) is 5.71 Å². The zero-order valence-corrected chi connectivity index (χ0v) is 25.6. The number of hydrogen-bond acceptors (Lipinski definition) is 7. The maximum Gasteiger partial charge on any atom is 0.294 e. The maximum atomic E-state index is 12.2. The molecule has 3 aromatic rings. The van der Waals surface area contributed by atoms with Gasteiger partial charge in [0, 0.05) is 45.1 Å². The molecule has 0 bridgehead atoms. The molecule has 42 heavy (non-hydrogen) atoms. The molecule has 0 saturated heterocycles. The lowest BCUT2D eigenvalue weighted by Crippen LogP contribution is -2.21. The van der Waals surface area contributed by atoms with Gasteiger partial charge < -0.3 is 14.4 Å². The van der Waals surface area contributed by atoms with Gasteiger partial charge in [0.1, 0.15) is 29.1 Å². The van der Waals surface area contributed by atoms with Crippen LogP contribution >= 0.6 is 0 Å². The minimum Gasteiger partial charge on any atom is -0.744 e. The molecule has 0 unspecified atom stereocenters. The largest absolute Gasteiger partial charge is 0.744 e. The standard InChI is InChI=1S/C31H33N3O6S2/c1-32(2)26-14-9-23(10-15-26)31(25-13-18-29(33(3)4)30(20-25)42(38,39)40)24-11-16-27(17-12-24)34(5)21-22-7-6-8-28(19-22)41(35,36)37/h6-20H,21H2,1-5H3,(H-,35,36,37,38,39,40). The molecule has 3 aromatic carbocycles. The number of hydrogen-bond donors (Lipinski definition) is 1. The van der Waals surface area contributed by atoms with E-state index in [1.54, 1.807) is 43.0 Å². The van der Waals surface area contributed by atoms with Crippen LogP contribution in [0.3, 0.4) is 0 Å². The number of nitrogens with zero attached hydrogens (tertiary/aromatic N) is 3. The van der Waals surface area contributed by atoms with Crippen molar-refractivity contribution >= 4 is 42.9 Å². The maximum absolute atomic E-state index is 12.2. The molecule has 0 atom stereocenters. The van der Waals surface area contributed by atoms with Gasteiger partial charge in [-0.3, -0.25) is 4.55 Å². The highest BCUT2D eigenvalue weighted by Crippen LogP contribution is 2.33. The molecular formula is C31H33N3O6S2. The second-order valence-electron chi connectivity index (χ2n) is 10.4. The van der Waals surface area contributed by atoms with E-state index in [0.717, 1.165) is 28.1 Å². The highest BCUT2D eigenvalue weighted by Gasteiger charge is 2.24. The van der Waals surface area contributed by atoms with Crippen molar-refractivity contribution in [1.29, 1.82) is 0 Å². The van der Waals surface area contributed by atoms with Crippen LogP contribution in [-0.2, 0) is 26.8 Å². The molecular weight excluding hydrogens is 574 g/mol. The van der Waals surface area contributed by atoms with Gasteiger partial charge in [0.05, 0.1) is 4.90 Å². The molecule has 9 nitrogen and oxygen atoms in total. The molecule has 0 aromatic heterocycles. The summed E-state index contributed by atoms with van der Waals surface area (Å²) in [5, 5.41) is 0. The highest BCUT2D eigenvalue weighted by atomic mass is 32.2. The third-order valence-corrected chi connectivity index (χ3v) is 8.60. The Labute approximate surface area is 247 Å². The molecule has 1 aliphatic carbocycles. The molecule has 0 aliphatic heterocycles. The summed E-state index contributed by atoms with van der Waals surface area (Å²) in [6, 6.07) is 21.6. The van der Waals surface area contributed by atoms with Crippen molar-refractivity contribution in [2.24, 2.45) is 0 Å². The number of anilines is 2. The van der Waals surface area contributed by atoms with Crippen molar-refractivity contribution in [2.75, 3.05) is 45.0 Å². The van der Waals surface area contributed by atoms with Gasteiger partial charge in [-0.2, -0.15) is 8.42 Å². The third kappa shape index (κ3) is 7.05. The summed E-state index contributed by atoms with van der Waals surface area (Å²) in [6.07, 6.45) is 4.87. The van der Waals surface area contributed by atoms with Crippen LogP contribution < -0.4 is 9.80 Å². The molecule has 11 heteroatoms. The Kier molecular flexibility index (Phi) is 8.88. The van der Waals surface area contributed by atoms with E-state index in [4.69, 9.17) is 0 Å². The smallest absolute Gasteiger partial charge is 0.294 e. The lowest BCUT2D eigenvalue weighted by molar-refractivity contribution is -0.462. The normalized spacial score (nSPS) is 14.8. The van der Waals surface area contributed by atoms with E-state index in [1.807, 2.05) is 79.5 Å². The summed E-state index contributed by atoms with van der Waals surface area (Å²) in [7, 11) is 0.0659. The minimum atomic E-state index is -4.75. The summed E-state index contributed by atoms with van der Waals surface area (Å²) in [4.78, 5) is 3.46. The quantitative estimate of drug-likeness (QED) is 0.300. The van der Waals surface area contributed by atoms with Crippen molar-refractivity contribution in [3.8, 4) is 0 Å². The second-order valence-corrected chi connectivity index (χ2v) is 13.1. The first kappa shape index (κ1) is 30.9. The van der Waals surface area contributed by atoms with Gasteiger partial charge in [0.25, 0.3) is 10.1 Å². The van der Waals surface area contributed by atoms with Gasteiger partial charge in [-0.25, -0.2) is 13.0 Å². The van der Waals surface area contributed by atoms with Crippen LogP contribution in [0.1, 0.15) is 16.7 Å². The van der Waals surface area contributed by atoms with Crippen LogP contribution in [0, 0.1) is 0 Å². The topological polar surface area (TPSA) is 121 Å².